The van der Waals surface area contributed by atoms with Crippen molar-refractivity contribution >= 4 is 11.6 Å². The van der Waals surface area contributed by atoms with Gasteiger partial charge in [0, 0.05) is 24.6 Å². The fourth-order valence-electron chi connectivity index (χ4n) is 3.28. The fourth-order valence-corrected chi connectivity index (χ4v) is 3.28. The first-order chi connectivity index (χ1) is 12.1. The van der Waals surface area contributed by atoms with Gasteiger partial charge in [0.2, 0.25) is 0 Å². The quantitative estimate of drug-likeness (QED) is 0.840. The van der Waals surface area contributed by atoms with Crippen molar-refractivity contribution in [2.24, 2.45) is 0 Å². The van der Waals surface area contributed by atoms with Crippen LogP contribution in [0.15, 0.2) is 42.7 Å². The highest BCUT2D eigenvalue weighted by atomic mass is 16.2. The first kappa shape index (κ1) is 17.6. The number of anilines is 1. The number of benzene rings is 1. The topological polar surface area (TPSA) is 62.2 Å². The molecular formula is C19H27N5O. The van der Waals surface area contributed by atoms with Gasteiger partial charge in [-0.2, -0.15) is 5.10 Å². The molecule has 25 heavy (non-hydrogen) atoms. The minimum absolute atomic E-state index is 0.0127. The molecule has 1 aromatic heterocycles. The van der Waals surface area contributed by atoms with E-state index in [9.17, 15) is 4.79 Å². The van der Waals surface area contributed by atoms with E-state index < -0.39 is 5.54 Å². The Morgan fingerprint density at radius 2 is 2.00 bits per heavy atom. The van der Waals surface area contributed by atoms with Crippen LogP contribution in [0.4, 0.5) is 5.69 Å². The van der Waals surface area contributed by atoms with E-state index in [1.54, 1.807) is 6.20 Å². The number of aromatic nitrogens is 2. The highest BCUT2D eigenvalue weighted by Crippen LogP contribution is 2.28. The van der Waals surface area contributed by atoms with Crippen LogP contribution < -0.4 is 10.6 Å². The number of hydrogen-bond acceptors (Lipinski definition) is 4. The summed E-state index contributed by atoms with van der Waals surface area (Å²) < 4.78 is 1.81. The zero-order valence-electron chi connectivity index (χ0n) is 15.0. The van der Waals surface area contributed by atoms with Gasteiger partial charge in [-0.25, -0.2) is 0 Å². The number of hydrogen-bond donors (Lipinski definition) is 2. The van der Waals surface area contributed by atoms with E-state index in [2.05, 4.69) is 46.9 Å². The van der Waals surface area contributed by atoms with Crippen LogP contribution in [0.3, 0.4) is 0 Å². The lowest BCUT2D eigenvalue weighted by atomic mass is 9.87. The number of piperidine rings is 1. The second-order valence-corrected chi connectivity index (χ2v) is 6.94. The molecule has 1 aliphatic heterocycles. The summed E-state index contributed by atoms with van der Waals surface area (Å²) in [6, 6.07) is 10.0. The molecule has 0 aliphatic carbocycles. The first-order valence-electron chi connectivity index (χ1n) is 8.86. The maximum absolute atomic E-state index is 13.1. The number of nitrogens with zero attached hydrogens (tertiary/aromatic N) is 3. The SMILES string of the molecule is CN(C)CCc1ccc(NC(=O)C2(n3cccn3)CCNCC2)cc1. The minimum Gasteiger partial charge on any atom is -0.324 e. The van der Waals surface area contributed by atoms with E-state index in [0.717, 1.165) is 44.6 Å². The monoisotopic (exact) mass is 341 g/mol. The van der Waals surface area contributed by atoms with Crippen molar-refractivity contribution in [2.45, 2.75) is 24.8 Å². The second kappa shape index (κ2) is 7.80. The maximum Gasteiger partial charge on any atom is 0.252 e. The average Bonchev–Trinajstić information content (AvgIpc) is 3.17. The molecular weight excluding hydrogens is 314 g/mol. The standard InChI is InChI=1S/C19H27N5O/c1-23(2)15-8-16-4-6-17(7-5-16)22-18(25)19(9-12-20-13-10-19)24-14-3-11-21-24/h3-7,11,14,20H,8-10,12-13,15H2,1-2H3,(H,22,25). The molecule has 2 aromatic rings. The fraction of sp³-hybridized carbons (Fsp3) is 0.474. The van der Waals surface area contributed by atoms with Crippen molar-refractivity contribution in [1.29, 1.82) is 0 Å². The number of nitrogens with one attached hydrogen (secondary N) is 2. The number of likely N-dealkylation sites (N-methyl/N-ethyl adjacent to an activating group) is 1. The number of carbonyl (C=O) groups excluding carboxylic acids is 1. The molecule has 3 rings (SSSR count). The Morgan fingerprint density at radius 3 is 2.60 bits per heavy atom. The zero-order valence-corrected chi connectivity index (χ0v) is 15.0. The van der Waals surface area contributed by atoms with Gasteiger partial charge >= 0.3 is 0 Å². The molecule has 6 nitrogen and oxygen atoms in total. The van der Waals surface area contributed by atoms with Crippen LogP contribution >= 0.6 is 0 Å². The van der Waals surface area contributed by atoms with E-state index in [1.807, 2.05) is 29.1 Å². The molecule has 0 spiro atoms. The molecule has 0 atom stereocenters. The Labute approximate surface area is 149 Å². The highest BCUT2D eigenvalue weighted by Gasteiger charge is 2.41. The molecule has 1 aromatic carbocycles. The molecule has 2 heterocycles. The van der Waals surface area contributed by atoms with Crippen molar-refractivity contribution < 1.29 is 4.79 Å². The van der Waals surface area contributed by atoms with Crippen LogP contribution in [0, 0.1) is 0 Å². The lowest BCUT2D eigenvalue weighted by Crippen LogP contribution is -2.52. The van der Waals surface area contributed by atoms with Crippen LogP contribution in [0.25, 0.3) is 0 Å². The zero-order chi connectivity index (χ0) is 17.7. The Bertz CT molecular complexity index is 672. The lowest BCUT2D eigenvalue weighted by Gasteiger charge is -2.36. The summed E-state index contributed by atoms with van der Waals surface area (Å²) in [5, 5.41) is 10.8. The predicted molar refractivity (Wildman–Crippen MR) is 99.6 cm³/mol. The van der Waals surface area contributed by atoms with E-state index in [4.69, 9.17) is 0 Å². The van der Waals surface area contributed by atoms with Crippen LogP contribution in [-0.2, 0) is 16.8 Å². The summed E-state index contributed by atoms with van der Waals surface area (Å²) in [7, 11) is 4.14. The molecule has 0 unspecified atom stereocenters. The largest absolute Gasteiger partial charge is 0.324 e. The summed E-state index contributed by atoms with van der Waals surface area (Å²) in [5.74, 6) is 0.0127. The van der Waals surface area contributed by atoms with Gasteiger partial charge in [0.05, 0.1) is 0 Å². The van der Waals surface area contributed by atoms with Crippen molar-refractivity contribution in [3.63, 3.8) is 0 Å². The Kier molecular flexibility index (Phi) is 5.50. The predicted octanol–water partition coefficient (Wildman–Crippen LogP) is 1.70. The molecule has 1 aliphatic rings. The average molecular weight is 341 g/mol. The van der Waals surface area contributed by atoms with Crippen LogP contribution in [0.1, 0.15) is 18.4 Å². The van der Waals surface area contributed by atoms with Crippen LogP contribution in [0.2, 0.25) is 0 Å². The Morgan fingerprint density at radius 1 is 1.28 bits per heavy atom. The third kappa shape index (κ3) is 4.08. The smallest absolute Gasteiger partial charge is 0.252 e. The van der Waals surface area contributed by atoms with Crippen molar-refractivity contribution in [3.8, 4) is 0 Å². The lowest BCUT2D eigenvalue weighted by molar-refractivity contribution is -0.126. The summed E-state index contributed by atoms with van der Waals surface area (Å²) in [5.41, 5.74) is 1.50. The summed E-state index contributed by atoms with van der Waals surface area (Å²) in [6.45, 7) is 2.65. The Hall–Kier alpha value is -2.18. The minimum atomic E-state index is -0.613. The molecule has 0 bridgehead atoms. The van der Waals surface area contributed by atoms with Gasteiger partial charge in [-0.1, -0.05) is 12.1 Å². The first-order valence-corrected chi connectivity index (χ1v) is 8.86. The van der Waals surface area contributed by atoms with E-state index >= 15 is 0 Å². The van der Waals surface area contributed by atoms with Gasteiger partial charge in [0.25, 0.3) is 5.91 Å². The third-order valence-electron chi connectivity index (χ3n) is 4.86. The second-order valence-electron chi connectivity index (χ2n) is 6.94. The summed E-state index contributed by atoms with van der Waals surface area (Å²) >= 11 is 0. The molecule has 0 radical (unpaired) electrons. The van der Waals surface area contributed by atoms with Gasteiger partial charge in [-0.3, -0.25) is 9.48 Å². The summed E-state index contributed by atoms with van der Waals surface area (Å²) in [6.07, 6.45) is 6.10. The highest BCUT2D eigenvalue weighted by molar-refractivity contribution is 5.96. The van der Waals surface area contributed by atoms with E-state index in [-0.39, 0.29) is 5.91 Å². The number of carbonyl (C=O) groups is 1. The molecule has 134 valence electrons. The van der Waals surface area contributed by atoms with Gasteiger partial charge < -0.3 is 15.5 Å². The van der Waals surface area contributed by atoms with Crippen LogP contribution in [0.5, 0.6) is 0 Å². The van der Waals surface area contributed by atoms with Crippen molar-refractivity contribution in [2.75, 3.05) is 39.0 Å². The van der Waals surface area contributed by atoms with Crippen molar-refractivity contribution in [3.05, 3.63) is 48.3 Å². The van der Waals surface area contributed by atoms with E-state index in [0.29, 0.717) is 0 Å². The molecule has 0 saturated carbocycles. The van der Waals surface area contributed by atoms with Crippen LogP contribution in [-0.4, -0.2) is 54.3 Å². The number of rotatable bonds is 6. The van der Waals surface area contributed by atoms with Gasteiger partial charge in [0.1, 0.15) is 5.54 Å². The van der Waals surface area contributed by atoms with Gasteiger partial charge in [-0.15, -0.1) is 0 Å². The molecule has 2 N–H and O–H groups in total. The number of amides is 1. The van der Waals surface area contributed by atoms with Crippen molar-refractivity contribution in [1.82, 2.24) is 20.0 Å². The maximum atomic E-state index is 13.1. The Balaban J connectivity index is 1.71. The molecule has 6 heteroatoms. The molecule has 1 fully saturated rings. The van der Waals surface area contributed by atoms with E-state index in [1.165, 1.54) is 5.56 Å². The molecule has 1 saturated heterocycles. The molecule has 1 amide bonds. The summed E-state index contributed by atoms with van der Waals surface area (Å²) in [4.78, 5) is 15.2. The van der Waals surface area contributed by atoms with Gasteiger partial charge in [-0.05, 0) is 70.2 Å². The normalized spacial score (nSPS) is 16.8. The van der Waals surface area contributed by atoms with Gasteiger partial charge in [0.15, 0.2) is 0 Å². The third-order valence-corrected chi connectivity index (χ3v) is 4.86.